The summed E-state index contributed by atoms with van der Waals surface area (Å²) in [7, 11) is 0. The standard InChI is InChI=1S/C35H58O5/c1-21(7-12-31(38)40-20-39-30-18-22-13-16-34(30,5)32(22,2)3)26-10-11-27-25-9-8-23-17-24(36)14-15-33(23,4)28(25)19-29(37)35(26,27)6/h21-30,36-37H,7-20H2,1-6H3. The summed E-state index contributed by atoms with van der Waals surface area (Å²) < 4.78 is 11.8. The van der Waals surface area contributed by atoms with Crippen molar-refractivity contribution in [1.29, 1.82) is 0 Å². The molecular formula is C35H58O5. The minimum atomic E-state index is -0.274. The Balaban J connectivity index is 1.02. The van der Waals surface area contributed by atoms with Gasteiger partial charge in [-0.15, -0.1) is 0 Å². The summed E-state index contributed by atoms with van der Waals surface area (Å²) in [6.45, 7) is 14.4. The van der Waals surface area contributed by atoms with Crippen LogP contribution >= 0.6 is 0 Å². The van der Waals surface area contributed by atoms with Gasteiger partial charge in [-0.1, -0.05) is 41.5 Å². The molecule has 6 aliphatic rings. The molecule has 0 amide bonds. The zero-order valence-corrected chi connectivity index (χ0v) is 26.3. The Morgan fingerprint density at radius 2 is 1.65 bits per heavy atom. The summed E-state index contributed by atoms with van der Waals surface area (Å²) in [5.74, 6) is 3.87. The number of carbonyl (C=O) groups is 1. The van der Waals surface area contributed by atoms with Crippen LogP contribution < -0.4 is 0 Å². The van der Waals surface area contributed by atoms with Crippen LogP contribution in [0.1, 0.15) is 125 Å². The van der Waals surface area contributed by atoms with Gasteiger partial charge < -0.3 is 19.7 Å². The van der Waals surface area contributed by atoms with Crippen molar-refractivity contribution in [3.63, 3.8) is 0 Å². The van der Waals surface area contributed by atoms with E-state index in [-0.39, 0.29) is 47.3 Å². The molecule has 0 heterocycles. The fourth-order valence-corrected chi connectivity index (χ4v) is 12.3. The molecule has 5 nitrogen and oxygen atoms in total. The summed E-state index contributed by atoms with van der Waals surface area (Å²) in [5.41, 5.74) is 0.689. The van der Waals surface area contributed by atoms with Crippen LogP contribution in [0.4, 0.5) is 0 Å². The third-order valence-corrected chi connectivity index (χ3v) is 15.5. The van der Waals surface area contributed by atoms with Gasteiger partial charge in [-0.05, 0) is 140 Å². The average Bonchev–Trinajstić information content (AvgIpc) is 3.44. The molecule has 6 rings (SSSR count). The van der Waals surface area contributed by atoms with Gasteiger partial charge in [0, 0.05) is 6.42 Å². The van der Waals surface area contributed by atoms with Gasteiger partial charge >= 0.3 is 5.97 Å². The largest absolute Gasteiger partial charge is 0.438 e. The van der Waals surface area contributed by atoms with Gasteiger partial charge in [0.1, 0.15) is 0 Å². The SMILES string of the molecule is CC(CCC(=O)OCOC1CC2CCC1(C)C2(C)C)C1CCC2C3CCC4CC(O)CCC4(C)C3CC(O)C12C. The fourth-order valence-electron chi connectivity index (χ4n) is 12.3. The van der Waals surface area contributed by atoms with E-state index in [9.17, 15) is 15.0 Å². The van der Waals surface area contributed by atoms with Gasteiger partial charge in [-0.25, -0.2) is 0 Å². The molecule has 0 radical (unpaired) electrons. The minimum Gasteiger partial charge on any atom is -0.438 e. The Kier molecular flexibility index (Phi) is 7.52. The van der Waals surface area contributed by atoms with Crippen LogP contribution in [0, 0.1) is 63.1 Å². The number of aliphatic hydroxyl groups is 2. The monoisotopic (exact) mass is 558 g/mol. The summed E-state index contributed by atoms with van der Waals surface area (Å²) in [6, 6.07) is 0. The summed E-state index contributed by atoms with van der Waals surface area (Å²) in [4.78, 5) is 12.7. The highest BCUT2D eigenvalue weighted by atomic mass is 16.7. The molecule has 5 heteroatoms. The van der Waals surface area contributed by atoms with E-state index in [1.54, 1.807) is 0 Å². The maximum absolute atomic E-state index is 12.7. The lowest BCUT2D eigenvalue weighted by Crippen LogP contribution is -2.58. The maximum atomic E-state index is 12.7. The predicted octanol–water partition coefficient (Wildman–Crippen LogP) is 7.13. The molecule has 6 saturated carbocycles. The van der Waals surface area contributed by atoms with E-state index >= 15 is 0 Å². The second-order valence-corrected chi connectivity index (χ2v) is 16.8. The molecule has 2 N–H and O–H groups in total. The van der Waals surface area contributed by atoms with E-state index in [4.69, 9.17) is 9.47 Å². The highest BCUT2D eigenvalue weighted by Crippen LogP contribution is 2.69. The number of fused-ring (bicyclic) bond motifs is 7. The van der Waals surface area contributed by atoms with E-state index in [0.29, 0.717) is 47.3 Å². The Morgan fingerprint density at radius 3 is 2.35 bits per heavy atom. The Labute approximate surface area is 243 Å². The van der Waals surface area contributed by atoms with Gasteiger partial charge in [0.25, 0.3) is 0 Å². The molecular weight excluding hydrogens is 500 g/mol. The first kappa shape index (κ1) is 29.4. The quantitative estimate of drug-likeness (QED) is 0.257. The zero-order valence-electron chi connectivity index (χ0n) is 26.3. The number of aliphatic hydroxyl groups excluding tert-OH is 2. The van der Waals surface area contributed by atoms with E-state index < -0.39 is 0 Å². The lowest BCUT2D eigenvalue weighted by atomic mass is 9.43. The molecule has 13 unspecified atom stereocenters. The number of esters is 1. The number of hydrogen-bond donors (Lipinski definition) is 2. The van der Waals surface area contributed by atoms with E-state index in [1.165, 1.54) is 32.1 Å². The smallest absolute Gasteiger partial charge is 0.307 e. The molecule has 228 valence electrons. The maximum Gasteiger partial charge on any atom is 0.307 e. The first-order valence-corrected chi connectivity index (χ1v) is 17.0. The number of hydrogen-bond acceptors (Lipinski definition) is 5. The van der Waals surface area contributed by atoms with E-state index in [2.05, 4.69) is 41.5 Å². The molecule has 2 bridgehead atoms. The Hall–Kier alpha value is -0.650. The summed E-state index contributed by atoms with van der Waals surface area (Å²) in [6.07, 6.45) is 13.4. The lowest BCUT2D eigenvalue weighted by molar-refractivity contribution is -0.176. The molecule has 6 aliphatic carbocycles. The van der Waals surface area contributed by atoms with Gasteiger partial charge in [-0.2, -0.15) is 0 Å². The van der Waals surface area contributed by atoms with Crippen molar-refractivity contribution in [2.24, 2.45) is 63.1 Å². The molecule has 0 spiro atoms. The normalized spacial score (nSPS) is 51.5. The Bertz CT molecular complexity index is 963. The minimum absolute atomic E-state index is 0.0605. The summed E-state index contributed by atoms with van der Waals surface area (Å²) in [5, 5.41) is 22.1. The molecule has 6 fully saturated rings. The predicted molar refractivity (Wildman–Crippen MR) is 156 cm³/mol. The van der Waals surface area contributed by atoms with Crippen LogP contribution in [-0.2, 0) is 14.3 Å². The molecule has 40 heavy (non-hydrogen) atoms. The van der Waals surface area contributed by atoms with Crippen molar-refractivity contribution in [1.82, 2.24) is 0 Å². The first-order chi connectivity index (χ1) is 18.8. The number of rotatable bonds is 7. The van der Waals surface area contributed by atoms with E-state index in [1.807, 2.05) is 0 Å². The molecule has 0 saturated heterocycles. The first-order valence-electron chi connectivity index (χ1n) is 17.0. The summed E-state index contributed by atoms with van der Waals surface area (Å²) >= 11 is 0. The van der Waals surface area contributed by atoms with Gasteiger partial charge in [0.15, 0.2) is 6.79 Å². The second kappa shape index (κ2) is 10.2. The van der Waals surface area contributed by atoms with Crippen molar-refractivity contribution in [2.45, 2.75) is 143 Å². The van der Waals surface area contributed by atoms with Crippen molar-refractivity contribution in [3.05, 3.63) is 0 Å². The number of carbonyl (C=O) groups excluding carboxylic acids is 1. The Morgan fingerprint density at radius 1 is 0.875 bits per heavy atom. The van der Waals surface area contributed by atoms with Crippen molar-refractivity contribution in [2.75, 3.05) is 6.79 Å². The molecule has 13 atom stereocenters. The van der Waals surface area contributed by atoms with E-state index in [0.717, 1.165) is 50.9 Å². The van der Waals surface area contributed by atoms with Crippen molar-refractivity contribution in [3.8, 4) is 0 Å². The van der Waals surface area contributed by atoms with Gasteiger partial charge in [0.2, 0.25) is 0 Å². The van der Waals surface area contributed by atoms with Crippen molar-refractivity contribution >= 4 is 5.97 Å². The third kappa shape index (κ3) is 4.28. The highest BCUT2D eigenvalue weighted by Gasteiger charge is 2.64. The van der Waals surface area contributed by atoms with Gasteiger partial charge in [0.05, 0.1) is 18.3 Å². The number of ether oxygens (including phenoxy) is 2. The van der Waals surface area contributed by atoms with Crippen molar-refractivity contribution < 1.29 is 24.5 Å². The highest BCUT2D eigenvalue weighted by molar-refractivity contribution is 5.69. The third-order valence-electron chi connectivity index (χ3n) is 15.5. The van der Waals surface area contributed by atoms with Crippen LogP contribution in [0.25, 0.3) is 0 Å². The lowest BCUT2D eigenvalue weighted by Gasteiger charge is -2.62. The molecule has 0 aromatic carbocycles. The van der Waals surface area contributed by atoms with Crippen LogP contribution in [0.3, 0.4) is 0 Å². The molecule has 0 aliphatic heterocycles. The molecule has 0 aromatic rings. The second-order valence-electron chi connectivity index (χ2n) is 16.8. The average molecular weight is 559 g/mol. The zero-order chi connectivity index (χ0) is 28.7. The van der Waals surface area contributed by atoms with Crippen LogP contribution in [0.5, 0.6) is 0 Å². The fraction of sp³-hybridized carbons (Fsp3) is 0.971. The van der Waals surface area contributed by atoms with Gasteiger partial charge in [-0.3, -0.25) is 4.79 Å². The van der Waals surface area contributed by atoms with Crippen LogP contribution in [0.2, 0.25) is 0 Å². The van der Waals surface area contributed by atoms with Crippen LogP contribution in [-0.4, -0.2) is 41.3 Å². The van der Waals surface area contributed by atoms with Crippen LogP contribution in [0.15, 0.2) is 0 Å². The molecule has 0 aromatic heterocycles. The topological polar surface area (TPSA) is 76.0 Å².